The van der Waals surface area contributed by atoms with Crippen molar-refractivity contribution in [1.82, 2.24) is 5.32 Å². The summed E-state index contributed by atoms with van der Waals surface area (Å²) in [6, 6.07) is 22.4. The molecule has 0 radical (unpaired) electrons. The third-order valence-electron chi connectivity index (χ3n) is 4.27. The average Bonchev–Trinajstić information content (AvgIpc) is 3.02. The van der Waals surface area contributed by atoms with E-state index >= 15 is 0 Å². The summed E-state index contributed by atoms with van der Waals surface area (Å²) in [6.45, 7) is 1.98. The summed E-state index contributed by atoms with van der Waals surface area (Å²) < 4.78 is 0. The topological polar surface area (TPSA) is 53.8 Å². The fraction of sp³-hybridized carbons (Fsp3) is 0.0455. The second-order valence-corrected chi connectivity index (χ2v) is 6.62. The van der Waals surface area contributed by atoms with Crippen molar-refractivity contribution in [1.29, 1.82) is 0 Å². The van der Waals surface area contributed by atoms with Crippen LogP contribution in [0.5, 0.6) is 0 Å². The number of rotatable bonds is 2. The molecule has 0 saturated carbocycles. The number of amidine groups is 2. The summed E-state index contributed by atoms with van der Waals surface area (Å²) in [6.07, 6.45) is 0. The molecular weight excluding hydrogens is 358 g/mol. The lowest BCUT2D eigenvalue weighted by atomic mass is 10.1. The minimum Gasteiger partial charge on any atom is -0.306 e. The molecule has 0 spiro atoms. The van der Waals surface area contributed by atoms with Crippen LogP contribution in [0.4, 0.5) is 5.69 Å². The molecule has 1 aliphatic rings. The van der Waals surface area contributed by atoms with Crippen LogP contribution < -0.4 is 5.32 Å². The van der Waals surface area contributed by atoms with Crippen molar-refractivity contribution in [2.24, 2.45) is 9.98 Å². The molecule has 1 aliphatic heterocycles. The third-order valence-corrected chi connectivity index (χ3v) is 4.58. The molecule has 1 heterocycles. The van der Waals surface area contributed by atoms with Crippen molar-refractivity contribution >= 4 is 34.9 Å². The molecule has 3 aromatic rings. The quantitative estimate of drug-likeness (QED) is 0.681. The van der Waals surface area contributed by atoms with Gasteiger partial charge in [-0.2, -0.15) is 0 Å². The van der Waals surface area contributed by atoms with E-state index in [9.17, 15) is 4.79 Å². The molecule has 0 fully saturated rings. The number of carbonyl (C=O) groups excluding carboxylic acids is 1. The van der Waals surface area contributed by atoms with Crippen LogP contribution in [0.2, 0.25) is 5.02 Å². The number of amides is 1. The monoisotopic (exact) mass is 373 g/mol. The van der Waals surface area contributed by atoms with E-state index in [0.29, 0.717) is 27.9 Å². The molecule has 1 N–H and O–H groups in total. The molecule has 0 aliphatic carbocycles. The van der Waals surface area contributed by atoms with Crippen molar-refractivity contribution in [3.63, 3.8) is 0 Å². The standard InChI is InChI=1S/C22H16ClN3O/c1-14-10-12-15(13-11-14)22(27)26-21-17-7-3-2-6-16(17)20(25-21)24-19-9-5-4-8-18(19)23/h2-13H,1H3,(H,24,25,26,27). The molecule has 132 valence electrons. The number of benzene rings is 3. The zero-order valence-corrected chi connectivity index (χ0v) is 15.4. The highest BCUT2D eigenvalue weighted by atomic mass is 35.5. The first kappa shape index (κ1) is 17.2. The normalized spacial score (nSPS) is 14.0. The number of nitrogens with zero attached hydrogens (tertiary/aromatic N) is 2. The Morgan fingerprint density at radius 2 is 1.59 bits per heavy atom. The fourth-order valence-corrected chi connectivity index (χ4v) is 3.01. The zero-order valence-electron chi connectivity index (χ0n) is 14.6. The first-order valence-corrected chi connectivity index (χ1v) is 8.89. The number of hydrogen-bond acceptors (Lipinski definition) is 2. The van der Waals surface area contributed by atoms with Gasteiger partial charge in [-0.1, -0.05) is 65.7 Å². The first-order valence-electron chi connectivity index (χ1n) is 8.51. The maximum absolute atomic E-state index is 12.6. The Morgan fingerprint density at radius 1 is 0.926 bits per heavy atom. The van der Waals surface area contributed by atoms with E-state index in [4.69, 9.17) is 11.6 Å². The number of para-hydroxylation sites is 1. The molecule has 27 heavy (non-hydrogen) atoms. The number of fused-ring (bicyclic) bond motifs is 1. The second-order valence-electron chi connectivity index (χ2n) is 6.21. The number of hydrogen-bond donors (Lipinski definition) is 1. The Morgan fingerprint density at radius 3 is 2.33 bits per heavy atom. The highest BCUT2D eigenvalue weighted by Crippen LogP contribution is 2.27. The van der Waals surface area contributed by atoms with Gasteiger partial charge in [0.2, 0.25) is 0 Å². The molecule has 3 aromatic carbocycles. The van der Waals surface area contributed by atoms with Crippen LogP contribution in [0.3, 0.4) is 0 Å². The van der Waals surface area contributed by atoms with Gasteiger partial charge in [0, 0.05) is 16.7 Å². The third kappa shape index (κ3) is 3.52. The van der Waals surface area contributed by atoms with Crippen molar-refractivity contribution in [3.05, 3.63) is 100 Å². The van der Waals surface area contributed by atoms with Gasteiger partial charge >= 0.3 is 0 Å². The van der Waals surface area contributed by atoms with E-state index < -0.39 is 0 Å². The van der Waals surface area contributed by atoms with Gasteiger partial charge in [-0.25, -0.2) is 9.98 Å². The van der Waals surface area contributed by atoms with Gasteiger partial charge in [0.1, 0.15) is 5.84 Å². The minimum atomic E-state index is -0.206. The Kier molecular flexibility index (Phi) is 4.57. The summed E-state index contributed by atoms with van der Waals surface area (Å²) in [4.78, 5) is 21.7. The van der Waals surface area contributed by atoms with Gasteiger partial charge < -0.3 is 5.32 Å². The Bertz CT molecular complexity index is 1080. The van der Waals surface area contributed by atoms with Gasteiger partial charge in [-0.15, -0.1) is 0 Å². The first-order chi connectivity index (χ1) is 13.1. The highest BCUT2D eigenvalue weighted by molar-refractivity contribution is 6.33. The minimum absolute atomic E-state index is 0.206. The van der Waals surface area contributed by atoms with Crippen LogP contribution in [-0.4, -0.2) is 17.6 Å². The number of carbonyl (C=O) groups is 1. The molecule has 0 saturated heterocycles. The van der Waals surface area contributed by atoms with Gasteiger partial charge in [0.05, 0.1) is 10.7 Å². The molecule has 0 unspecified atom stereocenters. The van der Waals surface area contributed by atoms with E-state index in [1.54, 1.807) is 18.2 Å². The van der Waals surface area contributed by atoms with Crippen LogP contribution in [0, 0.1) is 6.92 Å². The molecule has 0 aromatic heterocycles. The molecule has 4 rings (SSSR count). The van der Waals surface area contributed by atoms with E-state index in [2.05, 4.69) is 15.3 Å². The van der Waals surface area contributed by atoms with Crippen LogP contribution >= 0.6 is 11.6 Å². The summed E-state index contributed by atoms with van der Waals surface area (Å²) in [5, 5.41) is 3.45. The zero-order chi connectivity index (χ0) is 18.8. The van der Waals surface area contributed by atoms with Crippen LogP contribution in [0.1, 0.15) is 27.0 Å². The van der Waals surface area contributed by atoms with E-state index in [0.717, 1.165) is 16.7 Å². The number of aryl methyl sites for hydroxylation is 1. The maximum Gasteiger partial charge on any atom is 0.256 e. The number of halogens is 1. The van der Waals surface area contributed by atoms with Gasteiger partial charge in [0.15, 0.2) is 5.84 Å². The molecule has 4 nitrogen and oxygen atoms in total. The van der Waals surface area contributed by atoms with Crippen LogP contribution in [-0.2, 0) is 0 Å². The number of nitrogens with one attached hydrogen (secondary N) is 1. The van der Waals surface area contributed by atoms with Gasteiger partial charge in [-0.05, 0) is 31.2 Å². The molecule has 0 atom stereocenters. The van der Waals surface area contributed by atoms with Crippen LogP contribution in [0.15, 0.2) is 82.8 Å². The predicted octanol–water partition coefficient (Wildman–Crippen LogP) is 4.92. The number of aliphatic imine (C=N–C) groups is 2. The van der Waals surface area contributed by atoms with Crippen molar-refractivity contribution in [2.75, 3.05) is 0 Å². The maximum atomic E-state index is 12.6. The van der Waals surface area contributed by atoms with Crippen LogP contribution in [0.25, 0.3) is 0 Å². The predicted molar refractivity (Wildman–Crippen MR) is 109 cm³/mol. The summed E-state index contributed by atoms with van der Waals surface area (Å²) in [5.41, 5.74) is 4.01. The lowest BCUT2D eigenvalue weighted by Gasteiger charge is -2.06. The fourth-order valence-electron chi connectivity index (χ4n) is 2.83. The van der Waals surface area contributed by atoms with E-state index in [1.165, 1.54) is 0 Å². The van der Waals surface area contributed by atoms with E-state index in [-0.39, 0.29) is 5.91 Å². The van der Waals surface area contributed by atoms with Gasteiger partial charge in [0.25, 0.3) is 5.91 Å². The van der Waals surface area contributed by atoms with Crippen molar-refractivity contribution in [2.45, 2.75) is 6.92 Å². The average molecular weight is 374 g/mol. The smallest absolute Gasteiger partial charge is 0.256 e. The molecule has 0 bridgehead atoms. The SMILES string of the molecule is Cc1ccc(C(=O)NC2=NC(=Nc3ccccc3Cl)c3ccccc32)cc1. The van der Waals surface area contributed by atoms with Gasteiger partial charge in [-0.3, -0.25) is 4.79 Å². The van der Waals surface area contributed by atoms with Crippen molar-refractivity contribution in [3.8, 4) is 0 Å². The molecule has 1 amide bonds. The second kappa shape index (κ2) is 7.17. The van der Waals surface area contributed by atoms with E-state index in [1.807, 2.05) is 61.5 Å². The highest BCUT2D eigenvalue weighted by Gasteiger charge is 2.23. The summed E-state index contributed by atoms with van der Waals surface area (Å²) in [5.74, 6) is 0.808. The molecular formula is C22H16ClN3O. The largest absolute Gasteiger partial charge is 0.306 e. The lowest BCUT2D eigenvalue weighted by molar-refractivity contribution is 0.0977. The Hall–Kier alpha value is -3.24. The summed E-state index contributed by atoms with van der Waals surface area (Å²) in [7, 11) is 0. The van der Waals surface area contributed by atoms with Crippen molar-refractivity contribution < 1.29 is 4.79 Å². The lowest BCUT2D eigenvalue weighted by Crippen LogP contribution is -2.30. The Balaban J connectivity index is 1.69. The molecule has 5 heteroatoms. The Labute approximate surface area is 162 Å². The summed E-state index contributed by atoms with van der Waals surface area (Å²) >= 11 is 6.22.